The number of nitrogens with one attached hydrogen (secondary N) is 1. The Morgan fingerprint density at radius 2 is 2.06 bits per heavy atom. The molecule has 0 unspecified atom stereocenters. The quantitative estimate of drug-likeness (QED) is 0.906. The Kier molecular flexibility index (Phi) is 4.47. The van der Waals surface area contributed by atoms with Gasteiger partial charge in [-0.05, 0) is 59.3 Å². The summed E-state index contributed by atoms with van der Waals surface area (Å²) in [5.41, 5.74) is 0. The van der Waals surface area contributed by atoms with Crippen LogP contribution < -0.4 is 5.32 Å². The second kappa shape index (κ2) is 5.87. The highest BCUT2D eigenvalue weighted by atomic mass is 79.9. The first kappa shape index (κ1) is 12.2. The van der Waals surface area contributed by atoms with Crippen LogP contribution in [-0.2, 0) is 6.54 Å². The lowest BCUT2D eigenvalue weighted by Gasteiger charge is -2.26. The van der Waals surface area contributed by atoms with Crippen molar-refractivity contribution in [1.82, 2.24) is 5.32 Å². The molecule has 0 spiro atoms. The van der Waals surface area contributed by atoms with Crippen molar-refractivity contribution in [1.29, 1.82) is 0 Å². The zero-order valence-electron chi connectivity index (χ0n) is 9.84. The Morgan fingerprint density at radius 3 is 2.69 bits per heavy atom. The lowest BCUT2D eigenvalue weighted by Crippen LogP contribution is -2.25. The number of halogens is 1. The summed E-state index contributed by atoms with van der Waals surface area (Å²) in [6, 6.07) is 3.96. The van der Waals surface area contributed by atoms with Gasteiger partial charge in [-0.15, -0.1) is 0 Å². The molecule has 1 aliphatic carbocycles. The predicted molar refractivity (Wildman–Crippen MR) is 69.2 cm³/mol. The maximum Gasteiger partial charge on any atom is 0.169 e. The van der Waals surface area contributed by atoms with Crippen molar-refractivity contribution in [3.8, 4) is 0 Å². The summed E-state index contributed by atoms with van der Waals surface area (Å²) in [7, 11) is 0. The first-order chi connectivity index (χ1) is 7.74. The van der Waals surface area contributed by atoms with E-state index >= 15 is 0 Å². The van der Waals surface area contributed by atoms with Gasteiger partial charge in [0.15, 0.2) is 4.67 Å². The summed E-state index contributed by atoms with van der Waals surface area (Å²) < 4.78 is 6.26. The van der Waals surface area contributed by atoms with Crippen molar-refractivity contribution in [2.75, 3.05) is 6.54 Å². The van der Waals surface area contributed by atoms with Crippen LogP contribution in [-0.4, -0.2) is 6.54 Å². The fraction of sp³-hybridized carbons (Fsp3) is 0.692. The molecule has 1 aromatic heterocycles. The highest BCUT2D eigenvalue weighted by Crippen LogP contribution is 2.27. The average Bonchev–Trinajstić information content (AvgIpc) is 2.67. The van der Waals surface area contributed by atoms with Gasteiger partial charge in [0.05, 0.1) is 6.54 Å². The third-order valence-electron chi connectivity index (χ3n) is 3.50. The molecule has 1 N–H and O–H groups in total. The van der Waals surface area contributed by atoms with E-state index in [-0.39, 0.29) is 0 Å². The molecule has 0 saturated heterocycles. The summed E-state index contributed by atoms with van der Waals surface area (Å²) in [6.07, 6.45) is 5.57. The maximum absolute atomic E-state index is 5.44. The summed E-state index contributed by atoms with van der Waals surface area (Å²) in [6.45, 7) is 4.34. The monoisotopic (exact) mass is 285 g/mol. The van der Waals surface area contributed by atoms with Crippen molar-refractivity contribution < 1.29 is 4.42 Å². The van der Waals surface area contributed by atoms with Crippen molar-refractivity contribution in [3.05, 3.63) is 22.6 Å². The third kappa shape index (κ3) is 3.63. The van der Waals surface area contributed by atoms with E-state index in [0.717, 1.165) is 35.4 Å². The Balaban J connectivity index is 1.64. The van der Waals surface area contributed by atoms with Gasteiger partial charge in [0.1, 0.15) is 5.76 Å². The van der Waals surface area contributed by atoms with Crippen LogP contribution in [0.3, 0.4) is 0 Å². The topological polar surface area (TPSA) is 25.2 Å². The smallest absolute Gasteiger partial charge is 0.169 e. The van der Waals surface area contributed by atoms with E-state index in [0.29, 0.717) is 0 Å². The Bertz CT molecular complexity index is 315. The lowest BCUT2D eigenvalue weighted by atomic mass is 9.83. The molecule has 0 bridgehead atoms. The molecule has 1 aromatic rings. The van der Waals surface area contributed by atoms with Crippen LogP contribution in [0.25, 0.3) is 0 Å². The van der Waals surface area contributed by atoms with E-state index in [4.69, 9.17) is 4.42 Å². The molecular formula is C13H20BrNO. The molecule has 3 heteroatoms. The van der Waals surface area contributed by atoms with Gasteiger partial charge in [0, 0.05) is 0 Å². The summed E-state index contributed by atoms with van der Waals surface area (Å²) in [5.74, 6) is 2.82. The molecule has 0 aliphatic heterocycles. The zero-order valence-corrected chi connectivity index (χ0v) is 11.4. The Morgan fingerprint density at radius 1 is 1.31 bits per heavy atom. The summed E-state index contributed by atoms with van der Waals surface area (Å²) >= 11 is 3.31. The molecule has 0 amide bonds. The van der Waals surface area contributed by atoms with Gasteiger partial charge >= 0.3 is 0 Å². The maximum atomic E-state index is 5.44. The average molecular weight is 286 g/mol. The van der Waals surface area contributed by atoms with Gasteiger partial charge in [-0.25, -0.2) is 0 Å². The van der Waals surface area contributed by atoms with E-state index in [1.807, 2.05) is 12.1 Å². The van der Waals surface area contributed by atoms with Crippen molar-refractivity contribution in [2.24, 2.45) is 11.8 Å². The fourth-order valence-corrected chi connectivity index (χ4v) is 2.72. The molecule has 0 atom stereocenters. The summed E-state index contributed by atoms with van der Waals surface area (Å²) in [5, 5.41) is 3.48. The standard InChI is InChI=1S/C13H20BrNO/c1-10-2-4-11(5-3-10)8-15-9-12-6-7-13(14)16-12/h6-7,10-11,15H,2-5,8-9H2,1H3. The van der Waals surface area contributed by atoms with Gasteiger partial charge in [-0.3, -0.25) is 0 Å². The first-order valence-electron chi connectivity index (χ1n) is 6.19. The molecule has 90 valence electrons. The number of rotatable bonds is 4. The van der Waals surface area contributed by atoms with Crippen LogP contribution in [0.4, 0.5) is 0 Å². The van der Waals surface area contributed by atoms with E-state index < -0.39 is 0 Å². The molecule has 1 aliphatic rings. The van der Waals surface area contributed by atoms with Crippen molar-refractivity contribution in [2.45, 2.75) is 39.2 Å². The van der Waals surface area contributed by atoms with E-state index in [1.54, 1.807) is 0 Å². The predicted octanol–water partition coefficient (Wildman–Crippen LogP) is 3.96. The number of hydrogen-bond donors (Lipinski definition) is 1. The number of furan rings is 1. The minimum Gasteiger partial charge on any atom is -0.453 e. The molecule has 2 nitrogen and oxygen atoms in total. The van der Waals surface area contributed by atoms with Crippen LogP contribution in [0.15, 0.2) is 21.2 Å². The van der Waals surface area contributed by atoms with Crippen LogP contribution in [0, 0.1) is 11.8 Å². The summed E-state index contributed by atoms with van der Waals surface area (Å²) in [4.78, 5) is 0. The van der Waals surface area contributed by atoms with Gasteiger partial charge in [-0.2, -0.15) is 0 Å². The van der Waals surface area contributed by atoms with Crippen LogP contribution >= 0.6 is 15.9 Å². The van der Waals surface area contributed by atoms with Crippen LogP contribution in [0.1, 0.15) is 38.4 Å². The molecule has 1 saturated carbocycles. The minimum atomic E-state index is 0.816. The lowest BCUT2D eigenvalue weighted by molar-refractivity contribution is 0.279. The van der Waals surface area contributed by atoms with Gasteiger partial charge in [-0.1, -0.05) is 19.8 Å². The highest BCUT2D eigenvalue weighted by molar-refractivity contribution is 9.10. The van der Waals surface area contributed by atoms with Crippen LogP contribution in [0.2, 0.25) is 0 Å². The van der Waals surface area contributed by atoms with Crippen molar-refractivity contribution >= 4 is 15.9 Å². The number of hydrogen-bond acceptors (Lipinski definition) is 2. The SMILES string of the molecule is CC1CCC(CNCc2ccc(Br)o2)CC1. The zero-order chi connectivity index (χ0) is 11.4. The second-order valence-electron chi connectivity index (χ2n) is 4.96. The van der Waals surface area contributed by atoms with Gasteiger partial charge in [0.25, 0.3) is 0 Å². The Hall–Kier alpha value is -0.280. The van der Waals surface area contributed by atoms with E-state index in [9.17, 15) is 0 Å². The van der Waals surface area contributed by atoms with Gasteiger partial charge < -0.3 is 9.73 Å². The molecule has 1 heterocycles. The van der Waals surface area contributed by atoms with E-state index in [2.05, 4.69) is 28.2 Å². The minimum absolute atomic E-state index is 0.816. The largest absolute Gasteiger partial charge is 0.453 e. The fourth-order valence-electron chi connectivity index (χ4n) is 2.38. The Labute approximate surface area is 106 Å². The first-order valence-corrected chi connectivity index (χ1v) is 6.98. The molecule has 0 aromatic carbocycles. The van der Waals surface area contributed by atoms with Gasteiger partial charge in [0.2, 0.25) is 0 Å². The van der Waals surface area contributed by atoms with Crippen LogP contribution in [0.5, 0.6) is 0 Å². The van der Waals surface area contributed by atoms with E-state index in [1.165, 1.54) is 25.7 Å². The molecule has 2 rings (SSSR count). The third-order valence-corrected chi connectivity index (χ3v) is 3.92. The second-order valence-corrected chi connectivity index (χ2v) is 5.74. The normalized spacial score (nSPS) is 25.9. The highest BCUT2D eigenvalue weighted by Gasteiger charge is 2.17. The molecule has 1 fully saturated rings. The molecular weight excluding hydrogens is 266 g/mol. The molecule has 0 radical (unpaired) electrons. The molecule has 16 heavy (non-hydrogen) atoms. The van der Waals surface area contributed by atoms with Crippen molar-refractivity contribution in [3.63, 3.8) is 0 Å².